The van der Waals surface area contributed by atoms with Crippen molar-refractivity contribution in [2.24, 2.45) is 0 Å². The Labute approximate surface area is 127 Å². The molecule has 122 valence electrons. The molecule has 0 aromatic carbocycles. The van der Waals surface area contributed by atoms with Crippen molar-refractivity contribution in [3.05, 3.63) is 0 Å². The average Bonchev–Trinajstić information content (AvgIpc) is 2.88. The Morgan fingerprint density at radius 3 is 2.43 bits per heavy atom. The molecule has 0 aromatic heterocycles. The largest absolute Gasteiger partial charge is 0.444 e. The zero-order chi connectivity index (χ0) is 15.5. The third-order valence-corrected chi connectivity index (χ3v) is 4.15. The normalized spacial score (nSPS) is 25.3. The Morgan fingerprint density at radius 1 is 1.19 bits per heavy atom. The minimum Gasteiger partial charge on any atom is -0.444 e. The molecule has 1 amide bonds. The van der Waals surface area contributed by atoms with Gasteiger partial charge in [-0.25, -0.2) is 4.79 Å². The topological polar surface area (TPSA) is 56.2 Å². The molecule has 6 nitrogen and oxygen atoms in total. The summed E-state index contributed by atoms with van der Waals surface area (Å²) in [5.41, 5.74) is -0.426. The molecular formula is C15H29N3O3. The molecule has 0 saturated carbocycles. The first-order valence-electron chi connectivity index (χ1n) is 7.94. The summed E-state index contributed by atoms with van der Waals surface area (Å²) < 4.78 is 5.44. The second-order valence-electron chi connectivity index (χ2n) is 6.97. The van der Waals surface area contributed by atoms with Crippen molar-refractivity contribution in [1.82, 2.24) is 14.7 Å². The highest BCUT2D eigenvalue weighted by Crippen LogP contribution is 2.20. The fourth-order valence-electron chi connectivity index (χ4n) is 3.03. The number of β-amino-alcohol motifs (C(OH)–C–C–N with tert-alkyl or cyclic N) is 1. The van der Waals surface area contributed by atoms with Crippen molar-refractivity contribution >= 4 is 6.09 Å². The van der Waals surface area contributed by atoms with Gasteiger partial charge in [-0.05, 0) is 27.2 Å². The second-order valence-corrected chi connectivity index (χ2v) is 6.97. The van der Waals surface area contributed by atoms with Crippen molar-refractivity contribution in [2.45, 2.75) is 38.8 Å². The lowest BCUT2D eigenvalue weighted by molar-refractivity contribution is 0.0267. The van der Waals surface area contributed by atoms with E-state index in [1.54, 1.807) is 0 Å². The van der Waals surface area contributed by atoms with Gasteiger partial charge in [-0.3, -0.25) is 9.80 Å². The molecular weight excluding hydrogens is 270 g/mol. The number of rotatable bonds is 3. The average molecular weight is 299 g/mol. The summed E-state index contributed by atoms with van der Waals surface area (Å²) in [6.45, 7) is 12.3. The smallest absolute Gasteiger partial charge is 0.410 e. The fraction of sp³-hybridized carbons (Fsp3) is 0.933. The van der Waals surface area contributed by atoms with Crippen LogP contribution in [-0.4, -0.2) is 90.0 Å². The van der Waals surface area contributed by atoms with Gasteiger partial charge in [0, 0.05) is 51.9 Å². The fourth-order valence-corrected chi connectivity index (χ4v) is 3.03. The van der Waals surface area contributed by atoms with Crippen LogP contribution in [-0.2, 0) is 4.74 Å². The van der Waals surface area contributed by atoms with E-state index in [-0.39, 0.29) is 12.7 Å². The summed E-state index contributed by atoms with van der Waals surface area (Å²) in [6.07, 6.45) is 0.836. The Bertz CT molecular complexity index is 349. The van der Waals surface area contributed by atoms with Crippen LogP contribution < -0.4 is 0 Å². The molecule has 0 aromatic rings. The molecule has 1 unspecified atom stereocenters. The minimum absolute atomic E-state index is 0.191. The van der Waals surface area contributed by atoms with Crippen molar-refractivity contribution < 1.29 is 14.6 Å². The van der Waals surface area contributed by atoms with Crippen LogP contribution in [0.1, 0.15) is 27.2 Å². The van der Waals surface area contributed by atoms with E-state index in [2.05, 4.69) is 9.80 Å². The first-order chi connectivity index (χ1) is 9.89. The molecule has 21 heavy (non-hydrogen) atoms. The summed E-state index contributed by atoms with van der Waals surface area (Å²) >= 11 is 0. The quantitative estimate of drug-likeness (QED) is 0.827. The molecule has 2 rings (SSSR count). The second kappa shape index (κ2) is 6.94. The van der Waals surface area contributed by atoms with E-state index < -0.39 is 5.60 Å². The SMILES string of the molecule is CC(C)(C)OC(=O)N1CCC(N2CCN(CCO)CC2)C1. The molecule has 6 heteroatoms. The zero-order valence-electron chi connectivity index (χ0n) is 13.5. The van der Waals surface area contributed by atoms with Crippen LogP contribution in [0.25, 0.3) is 0 Å². The summed E-state index contributed by atoms with van der Waals surface area (Å²) in [7, 11) is 0. The number of hydrogen-bond acceptors (Lipinski definition) is 5. The lowest BCUT2D eigenvalue weighted by Crippen LogP contribution is -2.51. The summed E-state index contributed by atoms with van der Waals surface area (Å²) in [5, 5.41) is 8.97. The maximum Gasteiger partial charge on any atom is 0.410 e. The van der Waals surface area contributed by atoms with Crippen LogP contribution in [0.15, 0.2) is 0 Å². The number of piperazine rings is 1. The first-order valence-corrected chi connectivity index (χ1v) is 7.94. The molecule has 2 fully saturated rings. The van der Waals surface area contributed by atoms with Crippen molar-refractivity contribution in [3.8, 4) is 0 Å². The van der Waals surface area contributed by atoms with Gasteiger partial charge in [-0.1, -0.05) is 0 Å². The van der Waals surface area contributed by atoms with Gasteiger partial charge in [0.15, 0.2) is 0 Å². The first kappa shape index (κ1) is 16.5. The zero-order valence-corrected chi connectivity index (χ0v) is 13.5. The van der Waals surface area contributed by atoms with E-state index in [1.165, 1.54) is 0 Å². The van der Waals surface area contributed by atoms with E-state index in [0.29, 0.717) is 6.04 Å². The van der Waals surface area contributed by atoms with E-state index in [9.17, 15) is 4.79 Å². The van der Waals surface area contributed by atoms with Crippen LogP contribution in [0.4, 0.5) is 4.79 Å². The highest BCUT2D eigenvalue weighted by molar-refractivity contribution is 5.68. The number of hydrogen-bond donors (Lipinski definition) is 1. The van der Waals surface area contributed by atoms with E-state index >= 15 is 0 Å². The Kier molecular flexibility index (Phi) is 5.46. The van der Waals surface area contributed by atoms with Gasteiger partial charge >= 0.3 is 6.09 Å². The lowest BCUT2D eigenvalue weighted by Gasteiger charge is -2.37. The molecule has 2 aliphatic rings. The van der Waals surface area contributed by atoms with Gasteiger partial charge in [0.05, 0.1) is 6.61 Å². The number of carbonyl (C=O) groups is 1. The van der Waals surface area contributed by atoms with Crippen LogP contribution in [0.3, 0.4) is 0 Å². The maximum atomic E-state index is 12.1. The number of ether oxygens (including phenoxy) is 1. The molecule has 2 heterocycles. The lowest BCUT2D eigenvalue weighted by atomic mass is 10.2. The molecule has 0 spiro atoms. The van der Waals surface area contributed by atoms with Crippen LogP contribution in [0, 0.1) is 0 Å². The summed E-state index contributed by atoms with van der Waals surface area (Å²) in [6, 6.07) is 0.453. The van der Waals surface area contributed by atoms with Gasteiger partial charge in [0.1, 0.15) is 5.60 Å². The number of aliphatic hydroxyl groups excluding tert-OH is 1. The number of likely N-dealkylation sites (tertiary alicyclic amines) is 1. The molecule has 2 aliphatic heterocycles. The van der Waals surface area contributed by atoms with Gasteiger partial charge < -0.3 is 14.7 Å². The number of aliphatic hydroxyl groups is 1. The van der Waals surface area contributed by atoms with Crippen LogP contribution >= 0.6 is 0 Å². The van der Waals surface area contributed by atoms with Gasteiger partial charge in [-0.2, -0.15) is 0 Å². The molecule has 0 bridgehead atoms. The van der Waals surface area contributed by atoms with E-state index in [4.69, 9.17) is 9.84 Å². The highest BCUT2D eigenvalue weighted by atomic mass is 16.6. The van der Waals surface area contributed by atoms with Gasteiger partial charge in [0.25, 0.3) is 0 Å². The highest BCUT2D eigenvalue weighted by Gasteiger charge is 2.33. The maximum absolute atomic E-state index is 12.1. The summed E-state index contributed by atoms with van der Waals surface area (Å²) in [4.78, 5) is 18.7. The van der Waals surface area contributed by atoms with E-state index in [0.717, 1.165) is 52.2 Å². The minimum atomic E-state index is -0.426. The molecule has 0 radical (unpaired) electrons. The molecule has 1 N–H and O–H groups in total. The monoisotopic (exact) mass is 299 g/mol. The number of carbonyl (C=O) groups excluding carboxylic acids is 1. The van der Waals surface area contributed by atoms with Crippen LogP contribution in [0.5, 0.6) is 0 Å². The molecule has 0 aliphatic carbocycles. The molecule has 2 saturated heterocycles. The summed E-state index contributed by atoms with van der Waals surface area (Å²) in [5.74, 6) is 0. The van der Waals surface area contributed by atoms with Crippen molar-refractivity contribution in [2.75, 3.05) is 52.4 Å². The van der Waals surface area contributed by atoms with Gasteiger partial charge in [0.2, 0.25) is 0 Å². The standard InChI is InChI=1S/C15H29N3O3/c1-15(2,3)21-14(20)18-5-4-13(12-18)17-8-6-16(7-9-17)10-11-19/h13,19H,4-12H2,1-3H3. The van der Waals surface area contributed by atoms with Crippen LogP contribution in [0.2, 0.25) is 0 Å². The van der Waals surface area contributed by atoms with Gasteiger partial charge in [-0.15, -0.1) is 0 Å². The van der Waals surface area contributed by atoms with E-state index in [1.807, 2.05) is 25.7 Å². The third-order valence-electron chi connectivity index (χ3n) is 4.15. The number of amides is 1. The Morgan fingerprint density at radius 2 is 1.86 bits per heavy atom. The predicted molar refractivity (Wildman–Crippen MR) is 81.3 cm³/mol. The number of nitrogens with zero attached hydrogens (tertiary/aromatic N) is 3. The van der Waals surface area contributed by atoms with Crippen molar-refractivity contribution in [3.63, 3.8) is 0 Å². The van der Waals surface area contributed by atoms with Crippen molar-refractivity contribution in [1.29, 1.82) is 0 Å². The molecule has 1 atom stereocenters. The predicted octanol–water partition coefficient (Wildman–Crippen LogP) is 0.606. The Hall–Kier alpha value is -0.850. The third kappa shape index (κ3) is 4.83. The Balaban J connectivity index is 1.77.